The second-order valence-electron chi connectivity index (χ2n) is 12.4. The van der Waals surface area contributed by atoms with Crippen molar-refractivity contribution in [3.8, 4) is 6.07 Å². The summed E-state index contributed by atoms with van der Waals surface area (Å²) in [6.45, 7) is 0.268. The third-order valence-electron chi connectivity index (χ3n) is 8.30. The van der Waals surface area contributed by atoms with E-state index in [4.69, 9.17) is 33.5 Å². The van der Waals surface area contributed by atoms with Crippen molar-refractivity contribution in [3.05, 3.63) is 101 Å². The molecule has 1 N–H and O–H groups in total. The number of carbonyl (C=O) groups excluding carboxylic acids is 3. The summed E-state index contributed by atoms with van der Waals surface area (Å²) in [6, 6.07) is 8.68. The molecule has 0 unspecified atom stereocenters. The van der Waals surface area contributed by atoms with Crippen LogP contribution in [-0.4, -0.2) is 107 Å². The zero-order valence-electron chi connectivity index (χ0n) is 30.5. The molecule has 16 nitrogen and oxygen atoms in total. The molecule has 1 amide bonds. The van der Waals surface area contributed by atoms with Crippen LogP contribution in [0.15, 0.2) is 67.3 Å². The van der Waals surface area contributed by atoms with Gasteiger partial charge in [0.1, 0.15) is 30.1 Å². The van der Waals surface area contributed by atoms with Crippen LogP contribution in [-0.2, 0) is 55.5 Å². The van der Waals surface area contributed by atoms with Gasteiger partial charge in [-0.15, -0.1) is 11.8 Å². The van der Waals surface area contributed by atoms with Crippen molar-refractivity contribution in [1.29, 1.82) is 5.26 Å². The molecule has 1 fully saturated rings. The summed E-state index contributed by atoms with van der Waals surface area (Å²) in [5, 5.41) is 11.7. The number of rotatable bonds is 18. The number of hydrogen-bond donors (Lipinski definition) is 1. The molecule has 1 saturated heterocycles. The lowest BCUT2D eigenvalue weighted by molar-refractivity contribution is -0.156. The molecule has 2 atom stereocenters. The van der Waals surface area contributed by atoms with Crippen LogP contribution in [0.3, 0.4) is 0 Å². The van der Waals surface area contributed by atoms with E-state index in [2.05, 4.69) is 10.1 Å². The van der Waals surface area contributed by atoms with E-state index in [0.717, 1.165) is 23.1 Å². The minimum absolute atomic E-state index is 0.127. The largest absolute Gasteiger partial charge is 0.512 e. The lowest BCUT2D eigenvalue weighted by atomic mass is 9.89. The number of benzene rings is 2. The highest BCUT2D eigenvalue weighted by Crippen LogP contribution is 2.42. The van der Waals surface area contributed by atoms with Crippen molar-refractivity contribution < 1.29 is 64.2 Å². The van der Waals surface area contributed by atoms with Gasteiger partial charge in [-0.05, 0) is 37.3 Å². The summed E-state index contributed by atoms with van der Waals surface area (Å²) < 4.78 is 103. The third kappa shape index (κ3) is 13.7. The second-order valence-corrected chi connectivity index (χ2v) is 15.6. The fraction of sp³-hybridized carbons (Fsp3) is 0.389. The number of thioether (sulfide) groups is 1. The number of carbonyl (C=O) groups is 3. The van der Waals surface area contributed by atoms with E-state index >= 15 is 4.39 Å². The highest BCUT2D eigenvalue weighted by atomic mass is 32.2. The van der Waals surface area contributed by atoms with Gasteiger partial charge in [-0.1, -0.05) is 24.3 Å². The lowest BCUT2D eigenvalue weighted by Crippen LogP contribution is -2.47. The number of nitriles is 1. The van der Waals surface area contributed by atoms with E-state index in [1.165, 1.54) is 54.4 Å². The van der Waals surface area contributed by atoms with E-state index in [1.807, 2.05) is 6.07 Å². The highest BCUT2D eigenvalue weighted by Gasteiger charge is 2.47. The van der Waals surface area contributed by atoms with Crippen LogP contribution in [0, 0.1) is 28.8 Å². The molecule has 1 aliphatic heterocycles. The maximum atomic E-state index is 15.6. The monoisotopic (exact) mass is 837 g/mol. The molecule has 0 saturated carbocycles. The molecule has 3 aromatic rings. The SMILES string of the molecule is C[C@@H](SC1COC(/C=C/C=C/c2ccc(C#N)cc2F)OC1)[C@@](Cn1cncn1)(OC(=O)OCOC(=O)CCC(=O)N(C)CCS(=O)(=O)O)c1ccc(F)cc1F. The lowest BCUT2D eigenvalue weighted by Gasteiger charge is -2.40. The number of ether oxygens (including phenoxy) is 5. The normalized spacial score (nSPS) is 17.4. The van der Waals surface area contributed by atoms with Gasteiger partial charge >= 0.3 is 12.1 Å². The Bertz CT molecular complexity index is 2080. The van der Waals surface area contributed by atoms with E-state index < -0.39 is 87.0 Å². The second kappa shape index (κ2) is 20.8. The third-order valence-corrected chi connectivity index (χ3v) is 10.4. The van der Waals surface area contributed by atoms with Gasteiger partial charge in [0.2, 0.25) is 12.7 Å². The summed E-state index contributed by atoms with van der Waals surface area (Å²) in [7, 11) is -3.02. The first-order chi connectivity index (χ1) is 27.1. The molecule has 2 aromatic carbocycles. The standard InChI is InChI=1S/C36H38F3N5O11S2/c1-24(56-28-18-51-34(52-19-28)6-4-3-5-26-8-7-25(17-40)15-30(26)38)36(20-44-22-41-21-42-44,29-10-9-27(37)16-31(29)39)55-35(47)54-23-53-33(46)12-11-32(45)43(2)13-14-57(48,49)50/h3-10,15-16,21-22,24,28,34H,11-14,18-20,23H2,1-2H3,(H,48,49,50)/b5-3+,6-4+/t24-,28?,34?,36-/m1/s1. The number of nitrogens with zero attached hydrogens (tertiary/aromatic N) is 5. The van der Waals surface area contributed by atoms with Gasteiger partial charge in [0.25, 0.3) is 10.1 Å². The Morgan fingerprint density at radius 2 is 1.88 bits per heavy atom. The van der Waals surface area contributed by atoms with Crippen molar-refractivity contribution >= 4 is 46.0 Å². The molecule has 0 spiro atoms. The Balaban J connectivity index is 1.41. The van der Waals surface area contributed by atoms with Crippen molar-refractivity contribution in [2.75, 3.05) is 39.4 Å². The molecule has 1 aliphatic rings. The van der Waals surface area contributed by atoms with Crippen LogP contribution in [0.25, 0.3) is 6.08 Å². The van der Waals surface area contributed by atoms with Gasteiger partial charge in [-0.3, -0.25) is 14.1 Å². The zero-order chi connectivity index (χ0) is 41.6. The van der Waals surface area contributed by atoms with Crippen LogP contribution in [0.1, 0.15) is 36.5 Å². The molecule has 306 valence electrons. The van der Waals surface area contributed by atoms with Crippen LogP contribution in [0.5, 0.6) is 0 Å². The smallest absolute Gasteiger partial charge is 0.428 e. The van der Waals surface area contributed by atoms with Crippen LogP contribution in [0.2, 0.25) is 0 Å². The number of esters is 1. The van der Waals surface area contributed by atoms with Gasteiger partial charge in [-0.25, -0.2) is 27.6 Å². The first-order valence-corrected chi connectivity index (χ1v) is 19.6. The van der Waals surface area contributed by atoms with Gasteiger partial charge in [0, 0.05) is 42.5 Å². The molecule has 0 aliphatic carbocycles. The van der Waals surface area contributed by atoms with Gasteiger partial charge < -0.3 is 28.6 Å². The van der Waals surface area contributed by atoms with Gasteiger partial charge in [-0.2, -0.15) is 18.8 Å². The molecular weight excluding hydrogens is 800 g/mol. The van der Waals surface area contributed by atoms with E-state index in [0.29, 0.717) is 6.07 Å². The van der Waals surface area contributed by atoms with Crippen molar-refractivity contribution in [2.45, 2.75) is 48.7 Å². The van der Waals surface area contributed by atoms with Crippen molar-refractivity contribution in [3.63, 3.8) is 0 Å². The molecule has 21 heteroatoms. The fourth-order valence-corrected chi connectivity index (χ4v) is 7.16. The Morgan fingerprint density at radius 1 is 1.12 bits per heavy atom. The summed E-state index contributed by atoms with van der Waals surface area (Å²) in [4.78, 5) is 42.6. The van der Waals surface area contributed by atoms with E-state index in [-0.39, 0.29) is 49.4 Å². The van der Waals surface area contributed by atoms with E-state index in [1.54, 1.807) is 25.2 Å². The number of hydrogen-bond acceptors (Lipinski definition) is 14. The number of aromatic nitrogens is 3. The predicted molar refractivity (Wildman–Crippen MR) is 196 cm³/mol. The molecule has 0 bridgehead atoms. The first kappa shape index (κ1) is 44.4. The highest BCUT2D eigenvalue weighted by molar-refractivity contribution is 8.00. The summed E-state index contributed by atoms with van der Waals surface area (Å²) in [6.07, 6.45) is 5.77. The zero-order valence-corrected chi connectivity index (χ0v) is 32.2. The van der Waals surface area contributed by atoms with Crippen molar-refractivity contribution in [2.24, 2.45) is 0 Å². The predicted octanol–water partition coefficient (Wildman–Crippen LogP) is 4.38. The number of allylic oxidation sites excluding steroid dienone is 2. The maximum absolute atomic E-state index is 15.6. The molecule has 57 heavy (non-hydrogen) atoms. The Hall–Kier alpha value is -5.27. The van der Waals surface area contributed by atoms with Crippen LogP contribution in [0.4, 0.5) is 18.0 Å². The summed E-state index contributed by atoms with van der Waals surface area (Å²) >= 11 is 1.20. The Kier molecular flexibility index (Phi) is 16.2. The molecule has 2 heterocycles. The van der Waals surface area contributed by atoms with Crippen LogP contribution >= 0.6 is 11.8 Å². The summed E-state index contributed by atoms with van der Waals surface area (Å²) in [5.74, 6) is -4.77. The summed E-state index contributed by atoms with van der Waals surface area (Å²) in [5.41, 5.74) is -1.73. The minimum Gasteiger partial charge on any atom is -0.428 e. The molecule has 0 radical (unpaired) electrons. The number of halogens is 3. The molecule has 4 rings (SSSR count). The Morgan fingerprint density at radius 3 is 2.53 bits per heavy atom. The first-order valence-electron chi connectivity index (χ1n) is 17.0. The fourth-order valence-electron chi connectivity index (χ4n) is 5.30. The minimum atomic E-state index is -4.30. The Labute approximate surface area is 329 Å². The average Bonchev–Trinajstić information content (AvgIpc) is 3.68. The van der Waals surface area contributed by atoms with Crippen molar-refractivity contribution in [1.82, 2.24) is 19.7 Å². The van der Waals surface area contributed by atoms with Crippen LogP contribution < -0.4 is 0 Å². The van der Waals surface area contributed by atoms with E-state index in [9.17, 15) is 31.6 Å². The maximum Gasteiger partial charge on any atom is 0.512 e. The van der Waals surface area contributed by atoms with Gasteiger partial charge in [0.15, 0.2) is 11.9 Å². The average molecular weight is 838 g/mol. The molecular formula is C36H38F3N5O11S2. The van der Waals surface area contributed by atoms with Gasteiger partial charge in [0.05, 0.1) is 48.8 Å². The molecule has 1 aromatic heterocycles. The number of amides is 1. The quantitative estimate of drug-likeness (QED) is 0.0816. The topological polar surface area (TPSA) is 209 Å².